The maximum atomic E-state index is 12.6. The second-order valence-electron chi connectivity index (χ2n) is 6.44. The van der Waals surface area contributed by atoms with Gasteiger partial charge in [0.25, 0.3) is 17.5 Å². The zero-order valence-electron chi connectivity index (χ0n) is 16.0. The summed E-state index contributed by atoms with van der Waals surface area (Å²) in [5, 5.41) is 27.1. The van der Waals surface area contributed by atoms with E-state index < -0.39 is 16.9 Å². The van der Waals surface area contributed by atoms with Crippen LogP contribution in [0.1, 0.15) is 36.2 Å². The summed E-state index contributed by atoms with van der Waals surface area (Å²) in [6.07, 6.45) is 1.75. The Morgan fingerprint density at radius 3 is 2.55 bits per heavy atom. The predicted molar refractivity (Wildman–Crippen MR) is 108 cm³/mol. The van der Waals surface area contributed by atoms with Gasteiger partial charge < -0.3 is 10.4 Å². The summed E-state index contributed by atoms with van der Waals surface area (Å²) < 4.78 is 0. The molecule has 0 radical (unpaired) electrons. The molecule has 2 aromatic rings. The van der Waals surface area contributed by atoms with E-state index in [0.717, 1.165) is 18.3 Å². The van der Waals surface area contributed by atoms with Crippen LogP contribution in [0.5, 0.6) is 5.75 Å². The Balaban J connectivity index is 2.10. The summed E-state index contributed by atoms with van der Waals surface area (Å²) in [7, 11) is 0. The molecule has 0 unspecified atom stereocenters. The number of amides is 2. The van der Waals surface area contributed by atoms with Gasteiger partial charge in [0.1, 0.15) is 11.8 Å². The average Bonchev–Trinajstić information content (AvgIpc) is 2.72. The first-order chi connectivity index (χ1) is 13.8. The Bertz CT molecular complexity index is 914. The van der Waals surface area contributed by atoms with Crippen LogP contribution in [0.25, 0.3) is 0 Å². The lowest BCUT2D eigenvalue weighted by atomic mass is 9.98. The molecule has 152 valence electrons. The molecule has 0 heterocycles. The highest BCUT2D eigenvalue weighted by Crippen LogP contribution is 2.21. The minimum atomic E-state index is -0.830. The number of aromatic hydroxyl groups is 1. The number of nitro groups is 1. The summed E-state index contributed by atoms with van der Waals surface area (Å²) in [6, 6.07) is 11.2. The number of nitro benzene ring substituents is 1. The van der Waals surface area contributed by atoms with Crippen molar-refractivity contribution in [2.45, 2.75) is 26.3 Å². The minimum Gasteiger partial charge on any atom is -0.507 e. The number of benzene rings is 2. The van der Waals surface area contributed by atoms with Crippen LogP contribution in [-0.2, 0) is 4.79 Å². The van der Waals surface area contributed by atoms with Crippen molar-refractivity contribution >= 4 is 23.7 Å². The summed E-state index contributed by atoms with van der Waals surface area (Å²) >= 11 is 0. The lowest BCUT2D eigenvalue weighted by Crippen LogP contribution is -2.49. The number of hydrogen-bond donors (Lipinski definition) is 3. The molecule has 2 aromatic carbocycles. The molecule has 0 bridgehead atoms. The fraction of sp³-hybridized carbons (Fsp3) is 0.250. The first-order valence-electron chi connectivity index (χ1n) is 8.99. The smallest absolute Gasteiger partial charge is 0.270 e. The van der Waals surface area contributed by atoms with E-state index in [4.69, 9.17) is 0 Å². The Morgan fingerprint density at radius 2 is 1.93 bits per heavy atom. The number of non-ortho nitro benzene ring substituents is 1. The van der Waals surface area contributed by atoms with Crippen LogP contribution in [0, 0.1) is 16.0 Å². The van der Waals surface area contributed by atoms with E-state index in [2.05, 4.69) is 15.8 Å². The fourth-order valence-electron chi connectivity index (χ4n) is 2.51. The van der Waals surface area contributed by atoms with Gasteiger partial charge in [0.05, 0.1) is 11.1 Å². The van der Waals surface area contributed by atoms with Gasteiger partial charge in [0.15, 0.2) is 0 Å². The zero-order chi connectivity index (χ0) is 21.4. The SMILES string of the molecule is CC[C@@H](C)[C@H](NC(=O)c1ccccc1)C(=O)N/N=C/c1cc([N+](=O)[O-])ccc1O. The van der Waals surface area contributed by atoms with E-state index in [0.29, 0.717) is 12.0 Å². The highest BCUT2D eigenvalue weighted by Gasteiger charge is 2.26. The van der Waals surface area contributed by atoms with Crippen LogP contribution in [0.3, 0.4) is 0 Å². The Labute approximate surface area is 167 Å². The van der Waals surface area contributed by atoms with Crippen LogP contribution < -0.4 is 10.7 Å². The number of carbonyl (C=O) groups excluding carboxylic acids is 2. The number of nitrogens with zero attached hydrogens (tertiary/aromatic N) is 2. The van der Waals surface area contributed by atoms with Gasteiger partial charge in [-0.25, -0.2) is 5.43 Å². The van der Waals surface area contributed by atoms with Crippen molar-refractivity contribution in [2.75, 3.05) is 0 Å². The molecule has 2 atom stereocenters. The van der Waals surface area contributed by atoms with Crippen LogP contribution in [0.15, 0.2) is 53.6 Å². The first kappa shape index (κ1) is 21.5. The highest BCUT2D eigenvalue weighted by atomic mass is 16.6. The first-order valence-corrected chi connectivity index (χ1v) is 8.99. The summed E-state index contributed by atoms with van der Waals surface area (Å²) in [5.74, 6) is -1.30. The standard InChI is InChI=1S/C20H22N4O5/c1-3-13(2)18(22-19(26)14-7-5-4-6-8-14)20(27)23-21-12-15-11-16(24(28)29)9-10-17(15)25/h4-13,18,25H,3H2,1-2H3,(H,22,26)(H,23,27)/b21-12+/t13-,18+/m1/s1. The summed E-state index contributed by atoms with van der Waals surface area (Å²) in [4.78, 5) is 35.2. The van der Waals surface area contributed by atoms with Gasteiger partial charge in [-0.15, -0.1) is 0 Å². The number of rotatable bonds is 8. The lowest BCUT2D eigenvalue weighted by Gasteiger charge is -2.22. The molecular weight excluding hydrogens is 376 g/mol. The molecule has 9 heteroatoms. The maximum absolute atomic E-state index is 12.6. The molecule has 3 N–H and O–H groups in total. The highest BCUT2D eigenvalue weighted by molar-refractivity contribution is 5.97. The van der Waals surface area contributed by atoms with E-state index in [-0.39, 0.29) is 28.8 Å². The van der Waals surface area contributed by atoms with E-state index in [1.807, 2.05) is 13.8 Å². The second kappa shape index (κ2) is 9.98. The number of phenols is 1. The third kappa shape index (κ3) is 5.86. The summed E-state index contributed by atoms with van der Waals surface area (Å²) in [5.41, 5.74) is 2.60. The lowest BCUT2D eigenvalue weighted by molar-refractivity contribution is -0.384. The van der Waals surface area contributed by atoms with Gasteiger partial charge in [-0.05, 0) is 24.1 Å². The molecule has 0 saturated carbocycles. The van der Waals surface area contributed by atoms with Crippen LogP contribution in [-0.4, -0.2) is 34.1 Å². The molecular formula is C20H22N4O5. The molecule has 0 aliphatic heterocycles. The van der Waals surface area contributed by atoms with Crippen LogP contribution in [0.2, 0.25) is 0 Å². The van der Waals surface area contributed by atoms with Gasteiger partial charge >= 0.3 is 0 Å². The Hall–Kier alpha value is -3.75. The second-order valence-corrected chi connectivity index (χ2v) is 6.44. The largest absolute Gasteiger partial charge is 0.507 e. The van der Waals surface area contributed by atoms with Crippen molar-refractivity contribution in [3.05, 3.63) is 69.8 Å². The van der Waals surface area contributed by atoms with E-state index in [1.54, 1.807) is 30.3 Å². The van der Waals surface area contributed by atoms with Gasteiger partial charge in [-0.3, -0.25) is 19.7 Å². The zero-order valence-corrected chi connectivity index (χ0v) is 16.0. The molecule has 9 nitrogen and oxygen atoms in total. The normalized spacial score (nSPS) is 12.9. The molecule has 0 fully saturated rings. The third-order valence-corrected chi connectivity index (χ3v) is 4.42. The topological polar surface area (TPSA) is 134 Å². The molecule has 0 saturated heterocycles. The minimum absolute atomic E-state index is 0.0768. The van der Waals surface area contributed by atoms with Crippen molar-refractivity contribution in [3.8, 4) is 5.75 Å². The van der Waals surface area contributed by atoms with Crippen molar-refractivity contribution < 1.29 is 19.6 Å². The number of phenolic OH excluding ortho intramolecular Hbond substituents is 1. The molecule has 29 heavy (non-hydrogen) atoms. The fourth-order valence-corrected chi connectivity index (χ4v) is 2.51. The van der Waals surface area contributed by atoms with Crippen molar-refractivity contribution in [1.29, 1.82) is 0 Å². The molecule has 0 aromatic heterocycles. The number of hydrazone groups is 1. The number of nitrogens with one attached hydrogen (secondary N) is 2. The van der Waals surface area contributed by atoms with Crippen molar-refractivity contribution in [3.63, 3.8) is 0 Å². The van der Waals surface area contributed by atoms with E-state index in [1.165, 1.54) is 6.07 Å². The monoisotopic (exact) mass is 398 g/mol. The maximum Gasteiger partial charge on any atom is 0.270 e. The molecule has 0 aliphatic rings. The molecule has 0 spiro atoms. The van der Waals surface area contributed by atoms with Gasteiger partial charge in [0.2, 0.25) is 0 Å². The third-order valence-electron chi connectivity index (χ3n) is 4.42. The molecule has 2 rings (SSSR count). The van der Waals surface area contributed by atoms with Gasteiger partial charge in [-0.1, -0.05) is 38.5 Å². The van der Waals surface area contributed by atoms with Crippen molar-refractivity contribution in [1.82, 2.24) is 10.7 Å². The molecule has 2 amide bonds. The quantitative estimate of drug-likeness (QED) is 0.357. The number of carbonyl (C=O) groups is 2. The average molecular weight is 398 g/mol. The molecule has 0 aliphatic carbocycles. The van der Waals surface area contributed by atoms with Crippen LogP contribution >= 0.6 is 0 Å². The van der Waals surface area contributed by atoms with E-state index in [9.17, 15) is 24.8 Å². The number of hydrogen-bond acceptors (Lipinski definition) is 6. The Morgan fingerprint density at radius 1 is 1.24 bits per heavy atom. The summed E-state index contributed by atoms with van der Waals surface area (Å²) in [6.45, 7) is 3.72. The van der Waals surface area contributed by atoms with Gasteiger partial charge in [0, 0.05) is 23.3 Å². The van der Waals surface area contributed by atoms with Crippen molar-refractivity contribution in [2.24, 2.45) is 11.0 Å². The predicted octanol–water partition coefficient (Wildman–Crippen LogP) is 2.60. The Kier molecular flexibility index (Phi) is 7.41. The van der Waals surface area contributed by atoms with E-state index >= 15 is 0 Å². The van der Waals surface area contributed by atoms with Gasteiger partial charge in [-0.2, -0.15) is 5.10 Å². The van der Waals surface area contributed by atoms with Crippen LogP contribution in [0.4, 0.5) is 5.69 Å².